The van der Waals surface area contributed by atoms with Crippen LogP contribution in [0.5, 0.6) is 0 Å². The normalized spacial score (nSPS) is 12.6. The quantitative estimate of drug-likeness (QED) is 0.751. The van der Waals surface area contributed by atoms with Crippen molar-refractivity contribution in [3.8, 4) is 0 Å². The summed E-state index contributed by atoms with van der Waals surface area (Å²) in [6, 6.07) is 2.84. The van der Waals surface area contributed by atoms with Gasteiger partial charge in [-0.25, -0.2) is 13.1 Å². The molecular formula is C14H23ClN2O3S. The molecule has 120 valence electrons. The summed E-state index contributed by atoms with van der Waals surface area (Å²) in [6.07, 6.45) is 0.753. The van der Waals surface area contributed by atoms with E-state index in [4.69, 9.17) is 22.1 Å². The summed E-state index contributed by atoms with van der Waals surface area (Å²) in [6.45, 7) is 6.59. The minimum Gasteiger partial charge on any atom is -0.398 e. The lowest BCUT2D eigenvalue weighted by molar-refractivity contribution is 0.153. The van der Waals surface area contributed by atoms with Crippen LogP contribution in [-0.2, 0) is 14.8 Å². The number of methoxy groups -OCH3 is 1. The molecule has 0 aliphatic carbocycles. The first kappa shape index (κ1) is 18.2. The second kappa shape index (κ2) is 6.96. The maximum absolute atomic E-state index is 12.3. The van der Waals surface area contributed by atoms with E-state index < -0.39 is 10.0 Å². The molecule has 5 nitrogen and oxygen atoms in total. The summed E-state index contributed by atoms with van der Waals surface area (Å²) in [4.78, 5) is 0.0816. The highest BCUT2D eigenvalue weighted by Gasteiger charge is 2.23. The topological polar surface area (TPSA) is 81.4 Å². The zero-order chi connectivity index (χ0) is 16.3. The van der Waals surface area contributed by atoms with Gasteiger partial charge >= 0.3 is 0 Å². The van der Waals surface area contributed by atoms with Gasteiger partial charge in [0.15, 0.2) is 0 Å². The lowest BCUT2D eigenvalue weighted by atomic mass is 9.90. The zero-order valence-electron chi connectivity index (χ0n) is 12.9. The van der Waals surface area contributed by atoms with E-state index in [1.165, 1.54) is 12.1 Å². The summed E-state index contributed by atoms with van der Waals surface area (Å²) in [5, 5.41) is 0.342. The number of halogens is 1. The van der Waals surface area contributed by atoms with E-state index in [0.717, 1.165) is 6.42 Å². The lowest BCUT2D eigenvalue weighted by Crippen LogP contribution is -2.34. The van der Waals surface area contributed by atoms with Crippen molar-refractivity contribution < 1.29 is 13.2 Å². The van der Waals surface area contributed by atoms with Crippen LogP contribution in [0.3, 0.4) is 0 Å². The first-order valence-corrected chi connectivity index (χ1v) is 8.49. The predicted octanol–water partition coefficient (Wildman–Crippen LogP) is 2.57. The molecule has 3 N–H and O–H groups in total. The number of hydrogen-bond acceptors (Lipinski definition) is 4. The van der Waals surface area contributed by atoms with Crippen molar-refractivity contribution in [3.63, 3.8) is 0 Å². The minimum absolute atomic E-state index is 0.0816. The van der Waals surface area contributed by atoms with Gasteiger partial charge in [-0.15, -0.1) is 0 Å². The molecule has 0 aromatic heterocycles. The van der Waals surface area contributed by atoms with E-state index in [9.17, 15) is 8.42 Å². The molecule has 0 radical (unpaired) electrons. The van der Waals surface area contributed by atoms with Crippen molar-refractivity contribution in [2.75, 3.05) is 26.0 Å². The SMILES string of the molecule is COCCC(C)(C)CNS(=O)(=O)c1cc(N)c(C)c(Cl)c1. The first-order valence-electron chi connectivity index (χ1n) is 6.63. The molecule has 0 heterocycles. The molecule has 1 aromatic carbocycles. The van der Waals surface area contributed by atoms with Crippen LogP contribution in [0.15, 0.2) is 17.0 Å². The number of hydrogen-bond donors (Lipinski definition) is 2. The van der Waals surface area contributed by atoms with Crippen molar-refractivity contribution in [2.45, 2.75) is 32.1 Å². The monoisotopic (exact) mass is 334 g/mol. The highest BCUT2D eigenvalue weighted by molar-refractivity contribution is 7.89. The van der Waals surface area contributed by atoms with Crippen molar-refractivity contribution >= 4 is 27.3 Å². The molecule has 0 fully saturated rings. The minimum atomic E-state index is -3.64. The van der Waals surface area contributed by atoms with Crippen molar-refractivity contribution in [1.29, 1.82) is 0 Å². The largest absolute Gasteiger partial charge is 0.398 e. The lowest BCUT2D eigenvalue weighted by Gasteiger charge is -2.24. The molecule has 1 aromatic rings. The van der Waals surface area contributed by atoms with Gasteiger partial charge in [0.25, 0.3) is 0 Å². The molecule has 0 aliphatic rings. The summed E-state index contributed by atoms with van der Waals surface area (Å²) in [5.74, 6) is 0. The summed E-state index contributed by atoms with van der Waals surface area (Å²) in [5.41, 5.74) is 6.61. The fourth-order valence-corrected chi connectivity index (χ4v) is 3.26. The third-order valence-corrected chi connectivity index (χ3v) is 5.17. The number of nitrogens with two attached hydrogens (primary N) is 1. The molecule has 0 spiro atoms. The van der Waals surface area contributed by atoms with Crippen LogP contribution in [0.1, 0.15) is 25.8 Å². The Morgan fingerprint density at radius 2 is 2.00 bits per heavy atom. The average Bonchev–Trinajstić information content (AvgIpc) is 2.40. The van der Waals surface area contributed by atoms with Crippen LogP contribution >= 0.6 is 11.6 Å². The standard InChI is InChI=1S/C14H23ClN2O3S/c1-10-12(15)7-11(8-13(10)16)21(18,19)17-9-14(2,3)5-6-20-4/h7-8,17H,5-6,9,16H2,1-4H3. The van der Waals surface area contributed by atoms with Gasteiger partial charge in [0.2, 0.25) is 10.0 Å². The molecule has 1 rings (SSSR count). The molecule has 0 saturated carbocycles. The fraction of sp³-hybridized carbons (Fsp3) is 0.571. The molecule has 0 saturated heterocycles. The Morgan fingerprint density at radius 1 is 1.38 bits per heavy atom. The molecule has 0 aliphatic heterocycles. The number of benzene rings is 1. The molecule has 0 atom stereocenters. The highest BCUT2D eigenvalue weighted by Crippen LogP contribution is 2.26. The number of anilines is 1. The number of ether oxygens (including phenoxy) is 1. The molecular weight excluding hydrogens is 312 g/mol. The van der Waals surface area contributed by atoms with Crippen LogP contribution in [0.4, 0.5) is 5.69 Å². The number of nitrogens with one attached hydrogen (secondary N) is 1. The van der Waals surface area contributed by atoms with Crippen molar-refractivity contribution in [2.24, 2.45) is 5.41 Å². The van der Waals surface area contributed by atoms with Crippen LogP contribution in [-0.4, -0.2) is 28.7 Å². The Kier molecular flexibility index (Phi) is 6.04. The second-order valence-corrected chi connectivity index (χ2v) is 8.03. The van der Waals surface area contributed by atoms with Crippen LogP contribution in [0.2, 0.25) is 5.02 Å². The Balaban J connectivity index is 2.88. The van der Waals surface area contributed by atoms with Gasteiger partial charge in [0.05, 0.1) is 4.90 Å². The van der Waals surface area contributed by atoms with E-state index in [0.29, 0.717) is 29.4 Å². The zero-order valence-corrected chi connectivity index (χ0v) is 14.4. The highest BCUT2D eigenvalue weighted by atomic mass is 35.5. The smallest absolute Gasteiger partial charge is 0.240 e. The van der Waals surface area contributed by atoms with Crippen molar-refractivity contribution in [1.82, 2.24) is 4.72 Å². The van der Waals surface area contributed by atoms with E-state index in [1.54, 1.807) is 14.0 Å². The Bertz CT molecular complexity index is 577. The van der Waals surface area contributed by atoms with Gasteiger partial charge < -0.3 is 10.5 Å². The van der Waals surface area contributed by atoms with Gasteiger partial charge in [0, 0.05) is 31.0 Å². The van der Waals surface area contributed by atoms with Crippen LogP contribution in [0.25, 0.3) is 0 Å². The van der Waals surface area contributed by atoms with Crippen LogP contribution < -0.4 is 10.5 Å². The third-order valence-electron chi connectivity index (χ3n) is 3.39. The maximum atomic E-state index is 12.3. The summed E-state index contributed by atoms with van der Waals surface area (Å²) < 4.78 is 32.3. The average molecular weight is 335 g/mol. The van der Waals surface area contributed by atoms with Gasteiger partial charge in [0.1, 0.15) is 0 Å². The van der Waals surface area contributed by atoms with E-state index in [1.807, 2.05) is 13.8 Å². The van der Waals surface area contributed by atoms with Gasteiger partial charge in [-0.1, -0.05) is 25.4 Å². The Morgan fingerprint density at radius 3 is 2.52 bits per heavy atom. The Hall–Kier alpha value is -0.820. The summed E-state index contributed by atoms with van der Waals surface area (Å²) in [7, 11) is -2.01. The van der Waals surface area contributed by atoms with E-state index >= 15 is 0 Å². The van der Waals surface area contributed by atoms with Crippen molar-refractivity contribution in [3.05, 3.63) is 22.7 Å². The van der Waals surface area contributed by atoms with Gasteiger partial charge in [-0.3, -0.25) is 0 Å². The molecule has 0 amide bonds. The maximum Gasteiger partial charge on any atom is 0.240 e. The second-order valence-electron chi connectivity index (χ2n) is 5.85. The molecule has 7 heteroatoms. The molecule has 0 unspecified atom stereocenters. The fourth-order valence-electron chi connectivity index (χ4n) is 1.67. The van der Waals surface area contributed by atoms with Gasteiger partial charge in [-0.05, 0) is 36.5 Å². The summed E-state index contributed by atoms with van der Waals surface area (Å²) >= 11 is 5.99. The first-order chi connectivity index (χ1) is 9.59. The number of rotatable bonds is 7. The predicted molar refractivity (Wildman–Crippen MR) is 86.1 cm³/mol. The van der Waals surface area contributed by atoms with E-state index in [2.05, 4.69) is 4.72 Å². The van der Waals surface area contributed by atoms with E-state index in [-0.39, 0.29) is 10.3 Å². The molecule has 0 bridgehead atoms. The number of nitrogen functional groups attached to an aromatic ring is 1. The van der Waals surface area contributed by atoms with Gasteiger partial charge in [-0.2, -0.15) is 0 Å². The van der Waals surface area contributed by atoms with Crippen LogP contribution in [0, 0.1) is 12.3 Å². The third kappa shape index (κ3) is 5.14. The Labute approximate surface area is 131 Å². The number of sulfonamides is 1. The molecule has 21 heavy (non-hydrogen) atoms.